The van der Waals surface area contributed by atoms with Gasteiger partial charge in [-0.3, -0.25) is 4.90 Å². The minimum Gasteiger partial charge on any atom is -0.493 e. The molecule has 0 spiro atoms. The van der Waals surface area contributed by atoms with Crippen LogP contribution in [0.2, 0.25) is 0 Å². The third kappa shape index (κ3) is 4.44. The minimum atomic E-state index is 0.631. The van der Waals surface area contributed by atoms with Crippen molar-refractivity contribution in [2.24, 2.45) is 0 Å². The molecule has 0 unspecified atom stereocenters. The van der Waals surface area contributed by atoms with Gasteiger partial charge in [-0.25, -0.2) is 0 Å². The normalized spacial score (nSPS) is 14.6. The zero-order chi connectivity index (χ0) is 19.9. The molecule has 2 aromatic rings. The third-order valence-corrected chi connectivity index (χ3v) is 5.01. The van der Waals surface area contributed by atoms with E-state index in [2.05, 4.69) is 21.9 Å². The number of methoxy groups -OCH3 is 3. The number of piperazine rings is 1. The standard InChI is InChI=1S/C22H30N2O4/c1-5-28-19-9-7-6-8-18(19)24-12-10-23(11-13-24)16-17-14-20(25-2)22(27-4)21(15-17)26-3/h6-9,14-15H,5,10-13,16H2,1-4H3. The van der Waals surface area contributed by atoms with E-state index in [9.17, 15) is 0 Å². The SMILES string of the molecule is CCOc1ccccc1N1CCN(Cc2cc(OC)c(OC)c(OC)c2)CC1. The van der Waals surface area contributed by atoms with Gasteiger partial charge in [-0.1, -0.05) is 12.1 Å². The number of para-hydroxylation sites is 2. The third-order valence-electron chi connectivity index (χ3n) is 5.01. The highest BCUT2D eigenvalue weighted by Crippen LogP contribution is 2.38. The first-order valence-electron chi connectivity index (χ1n) is 9.68. The Morgan fingerprint density at radius 3 is 2.04 bits per heavy atom. The summed E-state index contributed by atoms with van der Waals surface area (Å²) in [5.74, 6) is 2.98. The Kier molecular flexibility index (Phi) is 6.87. The molecule has 1 heterocycles. The molecule has 0 aromatic heterocycles. The Hall–Kier alpha value is -2.60. The number of anilines is 1. The predicted octanol–water partition coefficient (Wildman–Crippen LogP) is 3.43. The number of hydrogen-bond donors (Lipinski definition) is 0. The Morgan fingerprint density at radius 2 is 1.46 bits per heavy atom. The Balaban J connectivity index is 1.66. The van der Waals surface area contributed by atoms with E-state index in [4.69, 9.17) is 18.9 Å². The van der Waals surface area contributed by atoms with Crippen molar-refractivity contribution in [2.75, 3.05) is 59.0 Å². The van der Waals surface area contributed by atoms with Crippen LogP contribution in [0.15, 0.2) is 36.4 Å². The number of ether oxygens (including phenoxy) is 4. The molecule has 1 saturated heterocycles. The molecule has 6 nitrogen and oxygen atoms in total. The summed E-state index contributed by atoms with van der Waals surface area (Å²) in [6.07, 6.45) is 0. The summed E-state index contributed by atoms with van der Waals surface area (Å²) in [5.41, 5.74) is 2.33. The molecule has 0 radical (unpaired) electrons. The second-order valence-corrected chi connectivity index (χ2v) is 6.70. The topological polar surface area (TPSA) is 43.4 Å². The fraction of sp³-hybridized carbons (Fsp3) is 0.455. The molecule has 1 aliphatic heterocycles. The number of nitrogens with zero attached hydrogens (tertiary/aromatic N) is 2. The summed E-state index contributed by atoms with van der Waals surface area (Å²) < 4.78 is 22.2. The maximum absolute atomic E-state index is 5.79. The van der Waals surface area contributed by atoms with Gasteiger partial charge in [0.2, 0.25) is 5.75 Å². The lowest BCUT2D eigenvalue weighted by atomic mass is 10.1. The van der Waals surface area contributed by atoms with Crippen molar-refractivity contribution in [2.45, 2.75) is 13.5 Å². The van der Waals surface area contributed by atoms with Gasteiger partial charge < -0.3 is 23.8 Å². The van der Waals surface area contributed by atoms with Gasteiger partial charge in [-0.2, -0.15) is 0 Å². The highest BCUT2D eigenvalue weighted by atomic mass is 16.5. The maximum Gasteiger partial charge on any atom is 0.203 e. The van der Waals surface area contributed by atoms with Crippen molar-refractivity contribution < 1.29 is 18.9 Å². The average Bonchev–Trinajstić information content (AvgIpc) is 2.74. The van der Waals surface area contributed by atoms with Gasteiger partial charge in [-0.15, -0.1) is 0 Å². The van der Waals surface area contributed by atoms with Crippen LogP contribution in [0, 0.1) is 0 Å². The van der Waals surface area contributed by atoms with Crippen LogP contribution in [-0.4, -0.2) is 59.0 Å². The van der Waals surface area contributed by atoms with Crippen LogP contribution in [0.3, 0.4) is 0 Å². The number of benzene rings is 2. The van der Waals surface area contributed by atoms with E-state index in [1.807, 2.05) is 31.2 Å². The monoisotopic (exact) mass is 386 g/mol. The summed E-state index contributed by atoms with van der Waals surface area (Å²) >= 11 is 0. The van der Waals surface area contributed by atoms with E-state index < -0.39 is 0 Å². The zero-order valence-electron chi connectivity index (χ0n) is 17.2. The Morgan fingerprint density at radius 1 is 0.821 bits per heavy atom. The molecule has 152 valence electrons. The van der Waals surface area contributed by atoms with Crippen molar-refractivity contribution >= 4 is 5.69 Å². The molecule has 0 saturated carbocycles. The van der Waals surface area contributed by atoms with Gasteiger partial charge in [0.05, 0.1) is 33.6 Å². The lowest BCUT2D eigenvalue weighted by Gasteiger charge is -2.36. The largest absolute Gasteiger partial charge is 0.493 e. The van der Waals surface area contributed by atoms with Crippen LogP contribution < -0.4 is 23.8 Å². The van der Waals surface area contributed by atoms with Crippen molar-refractivity contribution in [3.8, 4) is 23.0 Å². The van der Waals surface area contributed by atoms with Crippen molar-refractivity contribution in [3.05, 3.63) is 42.0 Å². The van der Waals surface area contributed by atoms with E-state index in [0.717, 1.165) is 44.0 Å². The predicted molar refractivity (Wildman–Crippen MR) is 111 cm³/mol. The molecule has 0 N–H and O–H groups in total. The van der Waals surface area contributed by atoms with Crippen molar-refractivity contribution in [1.29, 1.82) is 0 Å². The molecule has 6 heteroatoms. The van der Waals surface area contributed by atoms with Gasteiger partial charge in [-0.05, 0) is 36.8 Å². The summed E-state index contributed by atoms with van der Waals surface area (Å²) in [5, 5.41) is 0. The molecule has 0 amide bonds. The molecule has 0 bridgehead atoms. The van der Waals surface area contributed by atoms with E-state index in [-0.39, 0.29) is 0 Å². The molecule has 1 fully saturated rings. The van der Waals surface area contributed by atoms with Gasteiger partial charge >= 0.3 is 0 Å². The van der Waals surface area contributed by atoms with Crippen LogP contribution in [0.4, 0.5) is 5.69 Å². The molecule has 28 heavy (non-hydrogen) atoms. The quantitative estimate of drug-likeness (QED) is 0.693. The first-order chi connectivity index (χ1) is 13.7. The van der Waals surface area contributed by atoms with Crippen molar-refractivity contribution in [3.63, 3.8) is 0 Å². The summed E-state index contributed by atoms with van der Waals surface area (Å²) in [6, 6.07) is 12.3. The van der Waals surface area contributed by atoms with Gasteiger partial charge in [0.15, 0.2) is 11.5 Å². The highest BCUT2D eigenvalue weighted by molar-refractivity contribution is 5.59. The zero-order valence-corrected chi connectivity index (χ0v) is 17.2. The first-order valence-corrected chi connectivity index (χ1v) is 9.68. The number of hydrogen-bond acceptors (Lipinski definition) is 6. The lowest BCUT2D eigenvalue weighted by Crippen LogP contribution is -2.46. The number of rotatable bonds is 8. The molecule has 2 aromatic carbocycles. The highest BCUT2D eigenvalue weighted by Gasteiger charge is 2.21. The second-order valence-electron chi connectivity index (χ2n) is 6.70. The lowest BCUT2D eigenvalue weighted by molar-refractivity contribution is 0.247. The van der Waals surface area contributed by atoms with E-state index in [1.54, 1.807) is 21.3 Å². The Labute approximate surface area is 167 Å². The minimum absolute atomic E-state index is 0.631. The summed E-state index contributed by atoms with van der Waals surface area (Å²) in [7, 11) is 4.92. The van der Waals surface area contributed by atoms with E-state index in [1.165, 1.54) is 5.69 Å². The van der Waals surface area contributed by atoms with Crippen LogP contribution >= 0.6 is 0 Å². The Bertz CT molecular complexity index is 748. The van der Waals surface area contributed by atoms with Crippen LogP contribution in [-0.2, 0) is 6.54 Å². The summed E-state index contributed by atoms with van der Waals surface area (Å²) in [4.78, 5) is 4.84. The molecular weight excluding hydrogens is 356 g/mol. The molecular formula is C22H30N2O4. The smallest absolute Gasteiger partial charge is 0.203 e. The van der Waals surface area contributed by atoms with Gasteiger partial charge in [0.1, 0.15) is 5.75 Å². The van der Waals surface area contributed by atoms with Crippen LogP contribution in [0.5, 0.6) is 23.0 Å². The molecule has 3 rings (SSSR count). The average molecular weight is 386 g/mol. The van der Waals surface area contributed by atoms with Crippen LogP contribution in [0.1, 0.15) is 12.5 Å². The maximum atomic E-state index is 5.79. The molecule has 0 aliphatic carbocycles. The second kappa shape index (κ2) is 9.55. The van der Waals surface area contributed by atoms with Crippen LogP contribution in [0.25, 0.3) is 0 Å². The van der Waals surface area contributed by atoms with Crippen molar-refractivity contribution in [1.82, 2.24) is 4.90 Å². The molecule has 1 aliphatic rings. The fourth-order valence-electron chi connectivity index (χ4n) is 3.63. The fourth-order valence-corrected chi connectivity index (χ4v) is 3.63. The summed E-state index contributed by atoms with van der Waals surface area (Å²) in [6.45, 7) is 7.44. The molecule has 0 atom stereocenters. The van der Waals surface area contributed by atoms with E-state index >= 15 is 0 Å². The first kappa shape index (κ1) is 20.1. The van der Waals surface area contributed by atoms with Gasteiger partial charge in [0, 0.05) is 32.7 Å². The van der Waals surface area contributed by atoms with Gasteiger partial charge in [0.25, 0.3) is 0 Å². The van der Waals surface area contributed by atoms with E-state index in [0.29, 0.717) is 23.9 Å².